The summed E-state index contributed by atoms with van der Waals surface area (Å²) in [5.74, 6) is 0. The lowest BCUT2D eigenvalue weighted by Crippen LogP contribution is -2.45. The minimum atomic E-state index is -2.26. The Morgan fingerprint density at radius 2 is 2.00 bits per heavy atom. The van der Waals surface area contributed by atoms with Gasteiger partial charge >= 0.3 is 0 Å². The summed E-state index contributed by atoms with van der Waals surface area (Å²) in [7, 11) is 0. The van der Waals surface area contributed by atoms with E-state index in [0.717, 1.165) is 35.3 Å². The number of nitrogens with zero attached hydrogens (tertiary/aromatic N) is 1. The fourth-order valence-electron chi connectivity index (χ4n) is 2.37. The molecule has 1 aromatic carbocycles. The molecule has 0 spiro atoms. The first-order valence-electron chi connectivity index (χ1n) is 6.15. The molecule has 1 fully saturated rings. The lowest BCUT2D eigenvalue weighted by molar-refractivity contribution is 0.0739. The van der Waals surface area contributed by atoms with Gasteiger partial charge in [0.25, 0.3) is 0 Å². The number of halogens is 3. The maximum absolute atomic E-state index is 12.8. The molecule has 100 valence electrons. The highest BCUT2D eigenvalue weighted by Crippen LogP contribution is 2.28. The van der Waals surface area contributed by atoms with E-state index in [1.54, 1.807) is 0 Å². The van der Waals surface area contributed by atoms with Gasteiger partial charge in [-0.3, -0.25) is 4.90 Å². The van der Waals surface area contributed by atoms with Crippen LogP contribution in [0.3, 0.4) is 0 Å². The Hall–Kier alpha value is -0.270. The van der Waals surface area contributed by atoms with Crippen LogP contribution in [0.4, 0.5) is 8.78 Å². The van der Waals surface area contributed by atoms with E-state index in [9.17, 15) is 8.78 Å². The van der Waals surface area contributed by atoms with Gasteiger partial charge in [-0.05, 0) is 40.3 Å². The number of hydrogen-bond acceptors (Lipinski definition) is 2. The van der Waals surface area contributed by atoms with Crippen molar-refractivity contribution in [3.63, 3.8) is 0 Å². The Balaban J connectivity index is 2.18. The Labute approximate surface area is 120 Å². The molecule has 0 aromatic heterocycles. The molecular weight excluding hydrogens is 349 g/mol. The summed E-state index contributed by atoms with van der Waals surface area (Å²) in [5.41, 5.74) is 1.00. The third-order valence-corrected chi connectivity index (χ3v) is 3.90. The van der Waals surface area contributed by atoms with Crippen LogP contribution >= 0.6 is 22.6 Å². The normalized spacial score (nSPS) is 19.1. The van der Waals surface area contributed by atoms with Crippen molar-refractivity contribution in [3.05, 3.63) is 33.4 Å². The fourth-order valence-corrected chi connectivity index (χ4v) is 2.94. The van der Waals surface area contributed by atoms with Crippen molar-refractivity contribution in [1.82, 2.24) is 10.2 Å². The van der Waals surface area contributed by atoms with Crippen molar-refractivity contribution in [2.75, 3.05) is 26.2 Å². The van der Waals surface area contributed by atoms with Crippen LogP contribution in [0.15, 0.2) is 24.3 Å². The molecule has 2 nitrogen and oxygen atoms in total. The summed E-state index contributed by atoms with van der Waals surface area (Å²) in [5, 5.41) is 3.26. The molecule has 2 rings (SSSR count). The first-order valence-corrected chi connectivity index (χ1v) is 7.23. The highest BCUT2D eigenvalue weighted by molar-refractivity contribution is 14.1. The second-order valence-electron chi connectivity index (χ2n) is 4.48. The molecule has 1 aliphatic heterocycles. The van der Waals surface area contributed by atoms with Crippen molar-refractivity contribution in [2.45, 2.75) is 18.9 Å². The summed E-state index contributed by atoms with van der Waals surface area (Å²) in [6.07, 6.45) is -2.34. The third kappa shape index (κ3) is 3.86. The van der Waals surface area contributed by atoms with Crippen LogP contribution in [-0.2, 0) is 0 Å². The minimum Gasteiger partial charge on any atom is -0.314 e. The predicted molar refractivity (Wildman–Crippen MR) is 77.0 cm³/mol. The van der Waals surface area contributed by atoms with Crippen molar-refractivity contribution >= 4 is 22.6 Å². The molecule has 1 aromatic rings. The minimum absolute atomic E-state index is 0.0832. The molecule has 5 heteroatoms. The van der Waals surface area contributed by atoms with Gasteiger partial charge < -0.3 is 5.32 Å². The Kier molecular flexibility index (Phi) is 5.32. The highest BCUT2D eigenvalue weighted by Gasteiger charge is 2.25. The van der Waals surface area contributed by atoms with Gasteiger partial charge in [0.05, 0.1) is 0 Å². The number of piperazine rings is 1. The summed E-state index contributed by atoms with van der Waals surface area (Å²) >= 11 is 2.22. The van der Waals surface area contributed by atoms with E-state index in [1.807, 2.05) is 24.3 Å². The summed E-state index contributed by atoms with van der Waals surface area (Å²) in [4.78, 5) is 2.16. The molecular formula is C13H17F2IN2. The van der Waals surface area contributed by atoms with Gasteiger partial charge in [0, 0.05) is 42.2 Å². The zero-order chi connectivity index (χ0) is 13.0. The van der Waals surface area contributed by atoms with Crippen LogP contribution in [0.1, 0.15) is 18.0 Å². The van der Waals surface area contributed by atoms with E-state index in [-0.39, 0.29) is 12.5 Å². The molecule has 1 saturated heterocycles. The average Bonchev–Trinajstić information content (AvgIpc) is 2.37. The van der Waals surface area contributed by atoms with Crippen molar-refractivity contribution in [3.8, 4) is 0 Å². The van der Waals surface area contributed by atoms with Gasteiger partial charge in [0.2, 0.25) is 6.43 Å². The first kappa shape index (κ1) is 14.1. The second kappa shape index (κ2) is 6.77. The number of hydrogen-bond donors (Lipinski definition) is 1. The lowest BCUT2D eigenvalue weighted by Gasteiger charge is -2.35. The van der Waals surface area contributed by atoms with Gasteiger partial charge in [0.1, 0.15) is 0 Å². The zero-order valence-corrected chi connectivity index (χ0v) is 12.2. The van der Waals surface area contributed by atoms with Gasteiger partial charge in [-0.15, -0.1) is 0 Å². The SMILES string of the molecule is FC(F)C[C@H](c1cccc(I)c1)N1CCNCC1. The molecule has 1 N–H and O–H groups in total. The molecule has 0 amide bonds. The zero-order valence-electron chi connectivity index (χ0n) is 10.1. The van der Waals surface area contributed by atoms with E-state index in [0.29, 0.717) is 0 Å². The molecule has 0 bridgehead atoms. The van der Waals surface area contributed by atoms with Crippen LogP contribution in [0.2, 0.25) is 0 Å². The molecule has 18 heavy (non-hydrogen) atoms. The molecule has 0 saturated carbocycles. The Bertz CT molecular complexity index is 381. The van der Waals surface area contributed by atoms with Crippen LogP contribution in [0, 0.1) is 3.57 Å². The molecule has 1 atom stereocenters. The van der Waals surface area contributed by atoms with Crippen molar-refractivity contribution in [2.24, 2.45) is 0 Å². The molecule has 1 aliphatic rings. The van der Waals surface area contributed by atoms with E-state index < -0.39 is 6.43 Å². The molecule has 1 heterocycles. The predicted octanol–water partition coefficient (Wildman–Crippen LogP) is 2.89. The number of nitrogens with one attached hydrogen (secondary N) is 1. The number of benzene rings is 1. The maximum atomic E-state index is 12.8. The fraction of sp³-hybridized carbons (Fsp3) is 0.538. The van der Waals surface area contributed by atoms with Gasteiger partial charge in [0.15, 0.2) is 0 Å². The number of alkyl halides is 2. The number of rotatable bonds is 4. The standard InChI is InChI=1S/C13H17F2IN2/c14-13(15)9-12(18-6-4-17-5-7-18)10-2-1-3-11(16)8-10/h1-3,8,12-13,17H,4-7,9H2/t12-/m1/s1. The van der Waals surface area contributed by atoms with Crippen molar-refractivity contribution < 1.29 is 8.78 Å². The van der Waals surface area contributed by atoms with E-state index in [2.05, 4.69) is 32.8 Å². The Morgan fingerprint density at radius 1 is 1.28 bits per heavy atom. The first-order chi connectivity index (χ1) is 8.66. The maximum Gasteiger partial charge on any atom is 0.240 e. The quantitative estimate of drug-likeness (QED) is 0.825. The van der Waals surface area contributed by atoms with E-state index in [4.69, 9.17) is 0 Å². The van der Waals surface area contributed by atoms with E-state index >= 15 is 0 Å². The summed E-state index contributed by atoms with van der Waals surface area (Å²) < 4.78 is 26.7. The van der Waals surface area contributed by atoms with Gasteiger partial charge in [-0.25, -0.2) is 8.78 Å². The summed E-state index contributed by atoms with van der Waals surface area (Å²) in [6.45, 7) is 3.43. The van der Waals surface area contributed by atoms with Crippen LogP contribution in [-0.4, -0.2) is 37.5 Å². The largest absolute Gasteiger partial charge is 0.314 e. The van der Waals surface area contributed by atoms with Crippen molar-refractivity contribution in [1.29, 1.82) is 0 Å². The van der Waals surface area contributed by atoms with Crippen LogP contribution in [0.5, 0.6) is 0 Å². The third-order valence-electron chi connectivity index (χ3n) is 3.23. The van der Waals surface area contributed by atoms with Gasteiger partial charge in [-0.2, -0.15) is 0 Å². The summed E-state index contributed by atoms with van der Waals surface area (Å²) in [6, 6.07) is 7.73. The van der Waals surface area contributed by atoms with Crippen LogP contribution < -0.4 is 5.32 Å². The topological polar surface area (TPSA) is 15.3 Å². The van der Waals surface area contributed by atoms with Gasteiger partial charge in [-0.1, -0.05) is 12.1 Å². The van der Waals surface area contributed by atoms with E-state index in [1.165, 1.54) is 0 Å². The molecule has 0 radical (unpaired) electrons. The second-order valence-corrected chi connectivity index (χ2v) is 5.73. The molecule has 0 unspecified atom stereocenters. The molecule has 0 aliphatic carbocycles. The monoisotopic (exact) mass is 366 g/mol. The smallest absolute Gasteiger partial charge is 0.240 e. The highest BCUT2D eigenvalue weighted by atomic mass is 127. The lowest BCUT2D eigenvalue weighted by atomic mass is 10.0. The van der Waals surface area contributed by atoms with Crippen LogP contribution in [0.25, 0.3) is 0 Å². The average molecular weight is 366 g/mol. The Morgan fingerprint density at radius 3 is 2.61 bits per heavy atom.